The van der Waals surface area contributed by atoms with Crippen LogP contribution in [0.2, 0.25) is 0 Å². The molecule has 1 aliphatic heterocycles. The van der Waals surface area contributed by atoms with E-state index in [1.807, 2.05) is 13.0 Å². The van der Waals surface area contributed by atoms with E-state index in [0.717, 1.165) is 11.6 Å². The number of Topliss-reactive ketones (excluding diaryl/α,β-unsaturated/α-hetero) is 1. The zero-order valence-corrected chi connectivity index (χ0v) is 25.0. The molecule has 0 aliphatic carbocycles. The summed E-state index contributed by atoms with van der Waals surface area (Å²) in [5.41, 5.74) is 1.30. The van der Waals surface area contributed by atoms with Crippen LogP contribution in [0.3, 0.4) is 0 Å². The van der Waals surface area contributed by atoms with Crippen molar-refractivity contribution in [3.05, 3.63) is 76.9 Å². The Morgan fingerprint density at radius 2 is 1.89 bits per heavy atom. The third kappa shape index (κ3) is 5.70. The fourth-order valence-corrected chi connectivity index (χ4v) is 5.54. The zero-order valence-electron chi connectivity index (χ0n) is 25.0. The summed E-state index contributed by atoms with van der Waals surface area (Å²) >= 11 is 0. The highest BCUT2D eigenvalue weighted by Gasteiger charge is 2.33. The minimum absolute atomic E-state index is 0.0624. The first-order valence-corrected chi connectivity index (χ1v) is 14.3. The predicted octanol–water partition coefficient (Wildman–Crippen LogP) is 4.59. The lowest BCUT2D eigenvalue weighted by Gasteiger charge is -2.37. The Morgan fingerprint density at radius 3 is 2.64 bits per heavy atom. The van der Waals surface area contributed by atoms with Gasteiger partial charge in [0.2, 0.25) is 5.95 Å². The fourth-order valence-electron chi connectivity index (χ4n) is 5.54. The number of ketones is 1. The van der Waals surface area contributed by atoms with Crippen molar-refractivity contribution >= 4 is 34.2 Å². The van der Waals surface area contributed by atoms with E-state index in [4.69, 9.17) is 19.6 Å². The molecule has 14 heteroatoms. The van der Waals surface area contributed by atoms with Crippen LogP contribution in [-0.2, 0) is 6.54 Å². The average Bonchev–Trinajstić information content (AvgIpc) is 3.50. The van der Waals surface area contributed by atoms with Crippen LogP contribution in [0, 0.1) is 11.6 Å². The van der Waals surface area contributed by atoms with E-state index in [2.05, 4.69) is 20.5 Å². The van der Waals surface area contributed by atoms with E-state index in [1.165, 1.54) is 29.8 Å². The molecule has 6 rings (SSSR count). The first-order chi connectivity index (χ1) is 21.7. The van der Waals surface area contributed by atoms with Crippen molar-refractivity contribution in [2.75, 3.05) is 26.1 Å². The summed E-state index contributed by atoms with van der Waals surface area (Å²) in [6.45, 7) is 3.84. The van der Waals surface area contributed by atoms with Crippen LogP contribution in [0.25, 0.3) is 16.6 Å². The van der Waals surface area contributed by atoms with E-state index >= 15 is 4.39 Å². The number of ether oxygens (including phenoxy) is 2. The average molecular weight is 617 g/mol. The molecule has 232 valence electrons. The number of nitrogens with zero attached hydrogens (tertiary/aromatic N) is 7. The minimum Gasteiger partial charge on any atom is -0.497 e. The van der Waals surface area contributed by atoms with Crippen molar-refractivity contribution in [1.82, 2.24) is 34.7 Å². The van der Waals surface area contributed by atoms with Crippen molar-refractivity contribution in [3.8, 4) is 11.5 Å². The largest absolute Gasteiger partial charge is 0.497 e. The van der Waals surface area contributed by atoms with E-state index in [1.54, 1.807) is 31.3 Å². The van der Waals surface area contributed by atoms with Gasteiger partial charge in [0, 0.05) is 49.7 Å². The molecule has 45 heavy (non-hydrogen) atoms. The molecule has 0 unspecified atom stereocenters. The molecule has 1 saturated heterocycles. The topological polar surface area (TPSA) is 137 Å². The molecule has 0 spiro atoms. The number of carbonyl (C=O) groups is 2. The number of aromatic nitrogens is 6. The second-order valence-corrected chi connectivity index (χ2v) is 10.9. The maximum Gasteiger partial charge on any atom is 0.255 e. The lowest BCUT2D eigenvalue weighted by atomic mass is 9.92. The van der Waals surface area contributed by atoms with E-state index < -0.39 is 11.6 Å². The van der Waals surface area contributed by atoms with Gasteiger partial charge >= 0.3 is 0 Å². The van der Waals surface area contributed by atoms with E-state index in [0.29, 0.717) is 30.2 Å². The minimum atomic E-state index is -0.832. The molecule has 0 bridgehead atoms. The molecule has 4 heterocycles. The number of halogens is 2. The standard InChI is InChI=1S/C31H30F2N8O4/c1-16-5-6-19(15-40(16)30(43)20-9-25(17(2)42)38-35-14-20)28-37-29-23-10-21(32)11-24(33)27(23)36-31(41(29)39-28)34-13-18-7-8-22(44-3)12-26(18)45-4/h7-12,14,16,19H,5-6,13,15H2,1-4H3,(H,34,36)/t16-,19+/m0/s1. The summed E-state index contributed by atoms with van der Waals surface area (Å²) in [5.74, 6) is -0.669. The molecule has 12 nitrogen and oxygen atoms in total. The van der Waals surface area contributed by atoms with Crippen molar-refractivity contribution in [1.29, 1.82) is 0 Å². The third-order valence-corrected chi connectivity index (χ3v) is 8.01. The summed E-state index contributed by atoms with van der Waals surface area (Å²) in [5, 5.41) is 15.7. The smallest absolute Gasteiger partial charge is 0.255 e. The molecule has 1 amide bonds. The Hall–Kier alpha value is -5.27. The van der Waals surface area contributed by atoms with Gasteiger partial charge in [-0.1, -0.05) is 0 Å². The molecule has 5 aromatic rings. The van der Waals surface area contributed by atoms with Crippen molar-refractivity contribution < 1.29 is 27.8 Å². The van der Waals surface area contributed by atoms with Gasteiger partial charge < -0.3 is 19.7 Å². The zero-order chi connectivity index (χ0) is 31.8. The number of hydrogen-bond acceptors (Lipinski definition) is 10. The van der Waals surface area contributed by atoms with E-state index in [-0.39, 0.29) is 70.5 Å². The number of carbonyl (C=O) groups excluding carboxylic acids is 2. The molecule has 2 atom stereocenters. The van der Waals surface area contributed by atoms with Crippen molar-refractivity contribution in [2.24, 2.45) is 0 Å². The number of anilines is 1. The first-order valence-electron chi connectivity index (χ1n) is 14.3. The molecule has 1 fully saturated rings. The van der Waals surface area contributed by atoms with Crippen LogP contribution in [0.4, 0.5) is 14.7 Å². The first kappa shape index (κ1) is 29.8. The van der Waals surface area contributed by atoms with Crippen molar-refractivity contribution in [2.45, 2.75) is 45.2 Å². The van der Waals surface area contributed by atoms with Crippen LogP contribution in [0.15, 0.2) is 42.6 Å². The maximum absolute atomic E-state index is 15.0. The number of benzene rings is 2. The van der Waals surface area contributed by atoms with Gasteiger partial charge in [-0.15, -0.1) is 10.2 Å². The normalized spacial score (nSPS) is 16.6. The van der Waals surface area contributed by atoms with Crippen LogP contribution in [0.5, 0.6) is 11.5 Å². The molecular formula is C31H30F2N8O4. The number of likely N-dealkylation sites (tertiary alicyclic amines) is 1. The summed E-state index contributed by atoms with van der Waals surface area (Å²) in [7, 11) is 3.11. The van der Waals surface area contributed by atoms with Crippen molar-refractivity contribution in [3.63, 3.8) is 0 Å². The number of amides is 1. The highest BCUT2D eigenvalue weighted by atomic mass is 19.1. The SMILES string of the molecule is COc1ccc(CNc2nc3c(F)cc(F)cc3c3nc([C@@H]4CC[C@H](C)N(C(=O)c5cnnc(C(C)=O)c5)C4)nn23)c(OC)c1. The Morgan fingerprint density at radius 1 is 1.07 bits per heavy atom. The quantitative estimate of drug-likeness (QED) is 0.247. The molecular weight excluding hydrogens is 586 g/mol. The second-order valence-electron chi connectivity index (χ2n) is 10.9. The Kier molecular flexibility index (Phi) is 7.96. The molecule has 1 aliphatic rings. The lowest BCUT2D eigenvalue weighted by molar-refractivity contribution is 0.0605. The molecule has 0 radical (unpaired) electrons. The van der Waals surface area contributed by atoms with Crippen LogP contribution < -0.4 is 14.8 Å². The fraction of sp³-hybridized carbons (Fsp3) is 0.323. The second kappa shape index (κ2) is 12.0. The predicted molar refractivity (Wildman–Crippen MR) is 160 cm³/mol. The highest BCUT2D eigenvalue weighted by molar-refractivity contribution is 5.98. The van der Waals surface area contributed by atoms with Gasteiger partial charge in [0.1, 0.15) is 28.5 Å². The Labute approximate surface area is 256 Å². The summed E-state index contributed by atoms with van der Waals surface area (Å²) in [4.78, 5) is 36.2. The van der Waals surface area contributed by atoms with Gasteiger partial charge in [-0.3, -0.25) is 9.59 Å². The third-order valence-electron chi connectivity index (χ3n) is 8.01. The summed E-state index contributed by atoms with van der Waals surface area (Å²) in [6, 6.07) is 8.66. The van der Waals surface area contributed by atoms with Crippen LogP contribution >= 0.6 is 0 Å². The summed E-state index contributed by atoms with van der Waals surface area (Å²) < 4.78 is 41.6. The maximum atomic E-state index is 15.0. The number of nitrogens with one attached hydrogen (secondary N) is 1. The van der Waals surface area contributed by atoms with Crippen LogP contribution in [-0.4, -0.2) is 73.2 Å². The van der Waals surface area contributed by atoms with Gasteiger partial charge in [0.25, 0.3) is 5.91 Å². The summed E-state index contributed by atoms with van der Waals surface area (Å²) in [6.07, 6.45) is 2.68. The van der Waals surface area contributed by atoms with Gasteiger partial charge in [0.05, 0.1) is 31.4 Å². The Bertz CT molecular complexity index is 1950. The number of piperidine rings is 1. The molecule has 2 aromatic carbocycles. The highest BCUT2D eigenvalue weighted by Crippen LogP contribution is 2.32. The molecule has 0 saturated carbocycles. The number of fused-ring (bicyclic) bond motifs is 3. The number of rotatable bonds is 8. The van der Waals surface area contributed by atoms with Crippen LogP contribution in [0.1, 0.15) is 64.8 Å². The Balaban J connectivity index is 1.36. The van der Waals surface area contributed by atoms with Gasteiger partial charge in [-0.05, 0) is 44.0 Å². The van der Waals surface area contributed by atoms with Gasteiger partial charge in [-0.2, -0.15) is 9.61 Å². The van der Waals surface area contributed by atoms with Gasteiger partial charge in [0.15, 0.2) is 23.1 Å². The van der Waals surface area contributed by atoms with Gasteiger partial charge in [-0.25, -0.2) is 18.7 Å². The van der Waals surface area contributed by atoms with E-state index in [9.17, 15) is 14.0 Å². The molecule has 1 N–H and O–H groups in total. The number of hydrogen-bond donors (Lipinski definition) is 1. The number of methoxy groups -OCH3 is 2. The lowest BCUT2D eigenvalue weighted by Crippen LogP contribution is -2.45. The molecule has 3 aromatic heterocycles. The monoisotopic (exact) mass is 616 g/mol.